The van der Waals surface area contributed by atoms with Crippen molar-refractivity contribution in [2.75, 3.05) is 85.6 Å². The first-order chi connectivity index (χ1) is 23.6. The fraction of sp³-hybridized carbons (Fsp3) is 0.543. The number of rotatable bonds is 22. The van der Waals surface area contributed by atoms with E-state index in [1.165, 1.54) is 11.1 Å². The number of amides is 4. The molecule has 0 saturated carbocycles. The van der Waals surface area contributed by atoms with Gasteiger partial charge in [-0.3, -0.25) is 9.59 Å². The molecule has 3 rings (SSSR count). The fourth-order valence-electron chi connectivity index (χ4n) is 4.83. The van der Waals surface area contributed by atoms with Crippen LogP contribution in [0.2, 0.25) is 0 Å². The highest BCUT2D eigenvalue weighted by atomic mass is 16.6. The van der Waals surface area contributed by atoms with Crippen LogP contribution in [-0.4, -0.2) is 115 Å². The summed E-state index contributed by atoms with van der Waals surface area (Å²) in [4.78, 5) is 47.4. The Bertz CT molecular complexity index is 1290. The van der Waals surface area contributed by atoms with E-state index in [9.17, 15) is 19.2 Å². The van der Waals surface area contributed by atoms with E-state index in [0.717, 1.165) is 11.1 Å². The van der Waals surface area contributed by atoms with Crippen LogP contribution in [0.4, 0.5) is 9.59 Å². The number of hydrogen-bond acceptors (Lipinski definition) is 10. The van der Waals surface area contributed by atoms with Crippen LogP contribution in [0.15, 0.2) is 48.5 Å². The Hall–Kier alpha value is -4.24. The maximum Gasteiger partial charge on any atom is 0.407 e. The third kappa shape index (κ3) is 15.7. The van der Waals surface area contributed by atoms with E-state index in [2.05, 4.69) is 45.5 Å². The van der Waals surface area contributed by atoms with Crippen LogP contribution in [-0.2, 0) is 38.0 Å². The molecule has 49 heavy (non-hydrogen) atoms. The smallest absolute Gasteiger partial charge is 0.407 e. The number of hydrogen-bond donors (Lipinski definition) is 4. The molecule has 14 nitrogen and oxygen atoms in total. The molecule has 0 spiro atoms. The van der Waals surface area contributed by atoms with Crippen LogP contribution in [0.3, 0.4) is 0 Å². The van der Waals surface area contributed by atoms with Crippen molar-refractivity contribution in [3.8, 4) is 11.1 Å². The van der Waals surface area contributed by atoms with E-state index in [-0.39, 0.29) is 83.7 Å². The van der Waals surface area contributed by atoms with Gasteiger partial charge in [0, 0.05) is 32.1 Å². The Kier molecular flexibility index (Phi) is 17.3. The normalized spacial score (nSPS) is 12.1. The van der Waals surface area contributed by atoms with Gasteiger partial charge in [0.2, 0.25) is 11.8 Å². The molecule has 1 aliphatic rings. The minimum absolute atomic E-state index is 0.00296. The third-order valence-corrected chi connectivity index (χ3v) is 6.98. The minimum atomic E-state index is -0.555. The molecule has 4 amide bonds. The van der Waals surface area contributed by atoms with Crippen LogP contribution in [0.25, 0.3) is 11.1 Å². The molecular weight excluding hydrogens is 636 g/mol. The van der Waals surface area contributed by atoms with Gasteiger partial charge in [-0.05, 0) is 49.4 Å². The maximum atomic E-state index is 12.2. The lowest BCUT2D eigenvalue weighted by atomic mass is 9.98. The lowest BCUT2D eigenvalue weighted by Crippen LogP contribution is -2.35. The van der Waals surface area contributed by atoms with E-state index in [1.807, 2.05) is 24.3 Å². The molecular formula is C35H50N4O10. The van der Waals surface area contributed by atoms with Crippen LogP contribution < -0.4 is 21.3 Å². The highest BCUT2D eigenvalue weighted by Gasteiger charge is 2.29. The van der Waals surface area contributed by atoms with Crippen LogP contribution in [0.5, 0.6) is 0 Å². The highest BCUT2D eigenvalue weighted by molar-refractivity contribution is 5.79. The molecule has 0 aliphatic heterocycles. The number of ether oxygens (including phenoxy) is 6. The predicted octanol–water partition coefficient (Wildman–Crippen LogP) is 2.74. The first-order valence-corrected chi connectivity index (χ1v) is 16.5. The van der Waals surface area contributed by atoms with Crippen LogP contribution >= 0.6 is 0 Å². The van der Waals surface area contributed by atoms with E-state index in [1.54, 1.807) is 20.8 Å². The second-order valence-corrected chi connectivity index (χ2v) is 12.1. The summed E-state index contributed by atoms with van der Waals surface area (Å²) in [7, 11) is 0. The van der Waals surface area contributed by atoms with Gasteiger partial charge in [0.15, 0.2) is 0 Å². The number of carbonyl (C=O) groups excluding carboxylic acids is 4. The quantitative estimate of drug-likeness (QED) is 0.135. The minimum Gasteiger partial charge on any atom is -0.449 e. The van der Waals surface area contributed by atoms with Crippen LogP contribution in [0.1, 0.15) is 44.2 Å². The topological polar surface area (TPSA) is 172 Å². The largest absolute Gasteiger partial charge is 0.449 e. The number of alkyl carbamates (subject to hydrolysis) is 2. The van der Waals surface area contributed by atoms with Gasteiger partial charge in [-0.25, -0.2) is 9.59 Å². The first kappa shape index (κ1) is 39.2. The van der Waals surface area contributed by atoms with Gasteiger partial charge >= 0.3 is 12.2 Å². The van der Waals surface area contributed by atoms with Gasteiger partial charge in [0.1, 0.15) is 25.4 Å². The van der Waals surface area contributed by atoms with Crippen LogP contribution in [0, 0.1) is 0 Å². The van der Waals surface area contributed by atoms with Crippen molar-refractivity contribution >= 4 is 24.0 Å². The summed E-state index contributed by atoms with van der Waals surface area (Å²) in [6.07, 6.45) is -0.436. The Labute approximate surface area is 287 Å². The molecule has 0 radical (unpaired) electrons. The van der Waals surface area contributed by atoms with Crippen molar-refractivity contribution in [3.05, 3.63) is 59.7 Å². The Balaban J connectivity index is 1.06. The summed E-state index contributed by atoms with van der Waals surface area (Å²) in [6.45, 7) is 8.31. The standard InChI is InChI=1S/C35H50N4O10/c1-35(2,3)49-34(43)38-14-8-13-36-31(40)24-46-21-19-44-17-15-37-32(41)25-47-22-20-45-18-16-39-33(42)48-23-30-28-11-6-4-9-26(28)27-10-5-7-12-29(27)30/h4-7,9-12,30H,8,13-25H2,1-3H3,(H,36,40)(H,37,41)(H,38,43)(H,39,42). The summed E-state index contributed by atoms with van der Waals surface area (Å²) in [5.41, 5.74) is 4.11. The molecule has 14 heteroatoms. The van der Waals surface area contributed by atoms with Crippen molar-refractivity contribution in [1.29, 1.82) is 0 Å². The zero-order valence-electron chi connectivity index (χ0n) is 28.7. The predicted molar refractivity (Wildman–Crippen MR) is 181 cm³/mol. The average Bonchev–Trinajstić information content (AvgIpc) is 3.38. The molecule has 0 saturated heterocycles. The monoisotopic (exact) mass is 686 g/mol. The second-order valence-electron chi connectivity index (χ2n) is 12.1. The van der Waals surface area contributed by atoms with Gasteiger partial charge < -0.3 is 49.7 Å². The van der Waals surface area contributed by atoms with Crippen molar-refractivity contribution in [3.63, 3.8) is 0 Å². The van der Waals surface area contributed by atoms with Crippen molar-refractivity contribution in [1.82, 2.24) is 21.3 Å². The summed E-state index contributed by atoms with van der Waals surface area (Å²) in [5.74, 6) is -0.543. The van der Waals surface area contributed by atoms with Gasteiger partial charge in [0.05, 0.1) is 39.6 Å². The Morgan fingerprint density at radius 2 is 1.06 bits per heavy atom. The maximum absolute atomic E-state index is 12.2. The highest BCUT2D eigenvalue weighted by Crippen LogP contribution is 2.44. The summed E-state index contributed by atoms with van der Waals surface area (Å²) < 4.78 is 32.0. The molecule has 0 atom stereocenters. The fourth-order valence-corrected chi connectivity index (χ4v) is 4.83. The van der Waals surface area contributed by atoms with E-state index in [0.29, 0.717) is 26.1 Å². The van der Waals surface area contributed by atoms with Crippen molar-refractivity contribution < 1.29 is 47.6 Å². The Morgan fingerprint density at radius 1 is 0.592 bits per heavy atom. The lowest BCUT2D eigenvalue weighted by molar-refractivity contribution is -0.127. The van der Waals surface area contributed by atoms with E-state index < -0.39 is 17.8 Å². The molecule has 0 heterocycles. The SMILES string of the molecule is CC(C)(C)OC(=O)NCCCNC(=O)COCCOCCNC(=O)COCCOCCNC(=O)OCC1c2ccccc2-c2ccccc21. The summed E-state index contributed by atoms with van der Waals surface area (Å²) in [5, 5.41) is 10.7. The van der Waals surface area contributed by atoms with Crippen molar-refractivity contribution in [2.24, 2.45) is 0 Å². The number of carbonyl (C=O) groups is 4. The molecule has 4 N–H and O–H groups in total. The van der Waals surface area contributed by atoms with Crippen molar-refractivity contribution in [2.45, 2.75) is 38.7 Å². The van der Waals surface area contributed by atoms with Gasteiger partial charge in [-0.1, -0.05) is 48.5 Å². The zero-order valence-corrected chi connectivity index (χ0v) is 28.7. The molecule has 0 fully saturated rings. The first-order valence-electron chi connectivity index (χ1n) is 16.5. The molecule has 0 unspecified atom stereocenters. The molecule has 2 aromatic carbocycles. The number of nitrogens with one attached hydrogen (secondary N) is 4. The molecule has 1 aliphatic carbocycles. The second kappa shape index (κ2) is 21.7. The average molecular weight is 687 g/mol. The number of fused-ring (bicyclic) bond motifs is 3. The zero-order chi connectivity index (χ0) is 35.3. The lowest BCUT2D eigenvalue weighted by Gasteiger charge is -2.19. The van der Waals surface area contributed by atoms with Gasteiger partial charge in [-0.2, -0.15) is 0 Å². The van der Waals surface area contributed by atoms with Gasteiger partial charge in [-0.15, -0.1) is 0 Å². The van der Waals surface area contributed by atoms with Gasteiger partial charge in [0.25, 0.3) is 0 Å². The summed E-state index contributed by atoms with van der Waals surface area (Å²) >= 11 is 0. The molecule has 2 aromatic rings. The third-order valence-electron chi connectivity index (χ3n) is 6.98. The van der Waals surface area contributed by atoms with E-state index >= 15 is 0 Å². The molecule has 0 aromatic heterocycles. The van der Waals surface area contributed by atoms with E-state index in [4.69, 9.17) is 28.4 Å². The molecule has 270 valence electrons. The molecule has 0 bridgehead atoms. The number of benzene rings is 2. The summed E-state index contributed by atoms with van der Waals surface area (Å²) in [6, 6.07) is 16.3. The Morgan fingerprint density at radius 3 is 1.63 bits per heavy atom.